The van der Waals surface area contributed by atoms with Gasteiger partial charge in [0.1, 0.15) is 0 Å². The summed E-state index contributed by atoms with van der Waals surface area (Å²) in [6.07, 6.45) is 7.61. The summed E-state index contributed by atoms with van der Waals surface area (Å²) in [4.78, 5) is 55.2. The maximum absolute atomic E-state index is 13.8. The number of benzene rings is 2. The van der Waals surface area contributed by atoms with E-state index in [1.54, 1.807) is 43.3 Å². The smallest absolute Gasteiger partial charge is 0.238 e. The lowest BCUT2D eigenvalue weighted by atomic mass is 9.60. The Hall–Kier alpha value is -4.23. The second-order valence-electron chi connectivity index (χ2n) is 10.6. The van der Waals surface area contributed by atoms with Crippen LogP contribution < -0.4 is 9.64 Å². The summed E-state index contributed by atoms with van der Waals surface area (Å²) in [5.41, 5.74) is 3.28. The summed E-state index contributed by atoms with van der Waals surface area (Å²) in [6, 6.07) is 11.5. The van der Waals surface area contributed by atoms with Gasteiger partial charge in [-0.15, -0.1) is 0 Å². The number of amides is 2. The average molecular weight is 556 g/mol. The van der Waals surface area contributed by atoms with Crippen LogP contribution in [-0.2, 0) is 19.2 Å². The Morgan fingerprint density at radius 3 is 2.50 bits per heavy atom. The summed E-state index contributed by atoms with van der Waals surface area (Å²) in [7, 11) is 1.46. The number of phenols is 1. The number of allylic oxidation sites excluding steroid dienone is 7. The molecular formula is C32H26ClNO6. The fourth-order valence-electron chi connectivity index (χ4n) is 6.49. The summed E-state index contributed by atoms with van der Waals surface area (Å²) in [5, 5.41) is 10.5. The third-order valence-electron chi connectivity index (χ3n) is 8.38. The van der Waals surface area contributed by atoms with E-state index < -0.39 is 23.7 Å². The van der Waals surface area contributed by atoms with E-state index in [2.05, 4.69) is 0 Å². The number of hydrogen-bond donors (Lipinski definition) is 1. The number of methoxy groups -OCH3 is 1. The number of Topliss-reactive ketones (excluding diaryl/α,β-unsaturated/α-hetero) is 1. The Labute approximate surface area is 236 Å². The Balaban J connectivity index is 1.42. The standard InChI is InChI=1S/C32H26ClNO6/c1-16-13-26(36)24-15-23-20(21(28(24)30(16)37)9-3-17-4-12-25(35)27(14-17)40-2)10-11-22-29(23)32(39)34(31(22)38)19-7-5-18(33)6-8-19/h3-10,12-14,21-23,29,35H,11,15H2,1-2H3. The maximum Gasteiger partial charge on any atom is 0.238 e. The first-order chi connectivity index (χ1) is 19.2. The minimum atomic E-state index is -0.642. The normalized spacial score (nSPS) is 26.0. The molecule has 6 rings (SSSR count). The molecule has 1 fully saturated rings. The van der Waals surface area contributed by atoms with E-state index in [0.29, 0.717) is 39.6 Å². The van der Waals surface area contributed by atoms with Crippen LogP contribution in [0.25, 0.3) is 6.08 Å². The third-order valence-corrected chi connectivity index (χ3v) is 8.63. The van der Waals surface area contributed by atoms with Crippen LogP contribution in [0.1, 0.15) is 25.3 Å². The van der Waals surface area contributed by atoms with Gasteiger partial charge in [-0.1, -0.05) is 41.5 Å². The molecule has 1 saturated heterocycles. The highest BCUT2D eigenvalue weighted by molar-refractivity contribution is 6.31. The number of halogens is 1. The van der Waals surface area contributed by atoms with Crippen molar-refractivity contribution >= 4 is 46.7 Å². The first-order valence-electron chi connectivity index (χ1n) is 13.1. The Morgan fingerprint density at radius 2 is 1.77 bits per heavy atom. The lowest BCUT2D eigenvalue weighted by Gasteiger charge is -2.41. The van der Waals surface area contributed by atoms with Gasteiger partial charge in [0.25, 0.3) is 0 Å². The van der Waals surface area contributed by atoms with E-state index in [9.17, 15) is 24.3 Å². The van der Waals surface area contributed by atoms with Gasteiger partial charge < -0.3 is 9.84 Å². The molecule has 1 heterocycles. The number of carbonyl (C=O) groups excluding carboxylic acids is 4. The van der Waals surface area contributed by atoms with E-state index >= 15 is 0 Å². The summed E-state index contributed by atoms with van der Waals surface area (Å²) in [6.45, 7) is 1.64. The van der Waals surface area contributed by atoms with Gasteiger partial charge in [0.2, 0.25) is 11.8 Å². The zero-order chi connectivity index (χ0) is 28.3. The van der Waals surface area contributed by atoms with Crippen molar-refractivity contribution in [2.24, 2.45) is 23.7 Å². The number of phenolic OH excluding ortho intramolecular Hbond substituents is 1. The van der Waals surface area contributed by atoms with E-state index in [-0.39, 0.29) is 35.6 Å². The van der Waals surface area contributed by atoms with Crippen molar-refractivity contribution in [3.63, 3.8) is 0 Å². The SMILES string of the molecule is COc1cc(C=CC2C3=CCC4C(=O)N(c5ccc(Cl)cc5)C(=O)C4C3CC3=C2C(=O)C(C)=CC3=O)ccc1O. The van der Waals surface area contributed by atoms with Crippen molar-refractivity contribution in [2.45, 2.75) is 19.8 Å². The molecule has 202 valence electrons. The van der Waals surface area contributed by atoms with Gasteiger partial charge >= 0.3 is 0 Å². The second-order valence-corrected chi connectivity index (χ2v) is 11.0. The molecular weight excluding hydrogens is 530 g/mol. The fraction of sp³-hybridized carbons (Fsp3) is 0.250. The molecule has 0 aromatic heterocycles. The lowest BCUT2D eigenvalue weighted by molar-refractivity contribution is -0.123. The quantitative estimate of drug-likeness (QED) is 0.315. The summed E-state index contributed by atoms with van der Waals surface area (Å²) < 4.78 is 5.22. The molecule has 0 radical (unpaired) electrons. The number of nitrogens with zero attached hydrogens (tertiary/aromatic N) is 1. The van der Waals surface area contributed by atoms with E-state index in [1.807, 2.05) is 18.2 Å². The highest BCUT2D eigenvalue weighted by atomic mass is 35.5. The molecule has 3 aliphatic carbocycles. The summed E-state index contributed by atoms with van der Waals surface area (Å²) in [5.74, 6) is -2.80. The molecule has 0 saturated carbocycles. The number of ether oxygens (including phenoxy) is 1. The van der Waals surface area contributed by atoms with Crippen molar-refractivity contribution in [2.75, 3.05) is 12.0 Å². The Kier molecular flexibility index (Phi) is 6.34. The first kappa shape index (κ1) is 26.0. The molecule has 40 heavy (non-hydrogen) atoms. The van der Waals surface area contributed by atoms with Crippen molar-refractivity contribution < 1.29 is 29.0 Å². The molecule has 2 aromatic rings. The van der Waals surface area contributed by atoms with E-state index in [1.165, 1.54) is 24.2 Å². The zero-order valence-corrected chi connectivity index (χ0v) is 22.6. The number of fused-ring (bicyclic) bond motifs is 3. The van der Waals surface area contributed by atoms with Gasteiger partial charge in [0, 0.05) is 27.7 Å². The Morgan fingerprint density at radius 1 is 1.02 bits per heavy atom. The molecule has 4 atom stereocenters. The molecule has 4 aliphatic rings. The van der Waals surface area contributed by atoms with E-state index in [4.69, 9.17) is 16.3 Å². The third kappa shape index (κ3) is 4.04. The fourth-order valence-corrected chi connectivity index (χ4v) is 6.61. The van der Waals surface area contributed by atoms with Crippen molar-refractivity contribution in [1.82, 2.24) is 0 Å². The van der Waals surface area contributed by atoms with Crippen LogP contribution in [0.5, 0.6) is 11.5 Å². The second kappa shape index (κ2) is 9.75. The topological polar surface area (TPSA) is 101 Å². The predicted octanol–water partition coefficient (Wildman–Crippen LogP) is 5.23. The van der Waals surface area contributed by atoms with Gasteiger partial charge in [-0.25, -0.2) is 0 Å². The van der Waals surface area contributed by atoms with Gasteiger partial charge in [0.05, 0.1) is 24.6 Å². The van der Waals surface area contributed by atoms with Gasteiger partial charge in [-0.2, -0.15) is 0 Å². The van der Waals surface area contributed by atoms with Crippen LogP contribution in [0.15, 0.2) is 83.0 Å². The number of carbonyl (C=O) groups is 4. The summed E-state index contributed by atoms with van der Waals surface area (Å²) >= 11 is 6.03. The first-order valence-corrected chi connectivity index (χ1v) is 13.5. The Bertz CT molecular complexity index is 1610. The predicted molar refractivity (Wildman–Crippen MR) is 150 cm³/mol. The monoisotopic (exact) mass is 555 g/mol. The van der Waals surface area contributed by atoms with Crippen LogP contribution in [0.4, 0.5) is 5.69 Å². The molecule has 1 aliphatic heterocycles. The van der Waals surface area contributed by atoms with Crippen LogP contribution in [0.2, 0.25) is 5.02 Å². The van der Waals surface area contributed by atoms with Gasteiger partial charge in [-0.05, 0) is 73.7 Å². The minimum Gasteiger partial charge on any atom is -0.504 e. The maximum atomic E-state index is 13.8. The molecule has 7 nitrogen and oxygen atoms in total. The number of ketones is 2. The molecule has 1 N–H and O–H groups in total. The number of hydrogen-bond acceptors (Lipinski definition) is 6. The van der Waals surface area contributed by atoms with E-state index in [0.717, 1.165) is 11.1 Å². The minimum absolute atomic E-state index is 0.00637. The molecule has 0 spiro atoms. The van der Waals surface area contributed by atoms with Crippen molar-refractivity contribution in [3.8, 4) is 11.5 Å². The zero-order valence-electron chi connectivity index (χ0n) is 21.9. The molecule has 2 amide bonds. The molecule has 0 bridgehead atoms. The number of aromatic hydroxyl groups is 1. The molecule has 2 aromatic carbocycles. The van der Waals surface area contributed by atoms with Crippen molar-refractivity contribution in [3.05, 3.63) is 93.6 Å². The average Bonchev–Trinajstić information content (AvgIpc) is 3.20. The largest absolute Gasteiger partial charge is 0.504 e. The van der Waals surface area contributed by atoms with Crippen LogP contribution in [0, 0.1) is 23.7 Å². The van der Waals surface area contributed by atoms with Gasteiger partial charge in [0.15, 0.2) is 23.1 Å². The highest BCUT2D eigenvalue weighted by Gasteiger charge is 2.56. The highest BCUT2D eigenvalue weighted by Crippen LogP contribution is 2.53. The number of rotatable bonds is 4. The number of imide groups is 1. The van der Waals surface area contributed by atoms with Crippen LogP contribution in [-0.4, -0.2) is 35.6 Å². The van der Waals surface area contributed by atoms with Crippen LogP contribution in [0.3, 0.4) is 0 Å². The van der Waals surface area contributed by atoms with Gasteiger partial charge in [-0.3, -0.25) is 24.1 Å². The number of anilines is 1. The van der Waals surface area contributed by atoms with Crippen molar-refractivity contribution in [1.29, 1.82) is 0 Å². The molecule has 8 heteroatoms. The molecule has 4 unspecified atom stereocenters. The lowest BCUT2D eigenvalue weighted by Crippen LogP contribution is -2.40. The van der Waals surface area contributed by atoms with Crippen LogP contribution >= 0.6 is 11.6 Å².